The molecule has 5 rings (SSSR count). The molecule has 2 aliphatic heterocycles. The Kier molecular flexibility index (Phi) is 5.69. The van der Waals surface area contributed by atoms with Crippen molar-refractivity contribution in [3.8, 4) is 11.5 Å². The Hall–Kier alpha value is -3.56. The van der Waals surface area contributed by atoms with Gasteiger partial charge in [-0.15, -0.1) is 0 Å². The van der Waals surface area contributed by atoms with E-state index in [-0.39, 0.29) is 30.8 Å². The monoisotopic (exact) mass is 478 g/mol. The zero-order chi connectivity index (χ0) is 24.9. The number of aliphatic hydroxyl groups is 1. The lowest BCUT2D eigenvalue weighted by Crippen LogP contribution is -2.53. The largest absolute Gasteiger partial charge is 0.508 e. The number of rotatable bonds is 7. The number of aromatic nitrogens is 1. The van der Waals surface area contributed by atoms with Crippen molar-refractivity contribution in [2.24, 2.45) is 0 Å². The Balaban J connectivity index is 1.64. The van der Waals surface area contributed by atoms with E-state index in [0.29, 0.717) is 25.3 Å². The minimum absolute atomic E-state index is 0.00693. The Morgan fingerprint density at radius 3 is 2.71 bits per heavy atom. The van der Waals surface area contributed by atoms with Crippen LogP contribution in [-0.2, 0) is 11.2 Å². The van der Waals surface area contributed by atoms with E-state index in [1.54, 1.807) is 30.2 Å². The van der Waals surface area contributed by atoms with Crippen LogP contribution in [0.5, 0.6) is 11.5 Å². The molecule has 0 unspecified atom stereocenters. The number of H-pyrrole nitrogens is 1. The molecule has 1 saturated heterocycles. The van der Waals surface area contributed by atoms with E-state index < -0.39 is 11.6 Å². The van der Waals surface area contributed by atoms with Crippen molar-refractivity contribution in [2.45, 2.75) is 24.9 Å². The number of aromatic hydroxyl groups is 1. The Labute approximate surface area is 203 Å². The third-order valence-corrected chi connectivity index (χ3v) is 7.25. The van der Waals surface area contributed by atoms with Crippen molar-refractivity contribution in [2.75, 3.05) is 40.4 Å². The van der Waals surface area contributed by atoms with E-state index in [2.05, 4.69) is 4.98 Å². The van der Waals surface area contributed by atoms with Crippen molar-refractivity contribution in [3.63, 3.8) is 0 Å². The highest BCUT2D eigenvalue weighted by atomic mass is 16.5. The molecular formula is C26H30N4O5. The molecule has 2 aliphatic rings. The second kappa shape index (κ2) is 8.58. The zero-order valence-corrected chi connectivity index (χ0v) is 20.1. The second-order valence-corrected chi connectivity index (χ2v) is 9.51. The maximum atomic E-state index is 13.8. The van der Waals surface area contributed by atoms with Gasteiger partial charge in [-0.05, 0) is 55.4 Å². The number of carbonyl (C=O) groups excluding carboxylic acids is 2. The van der Waals surface area contributed by atoms with Crippen molar-refractivity contribution in [1.29, 1.82) is 0 Å². The number of hydrogen-bond donors (Lipinski definition) is 3. The van der Waals surface area contributed by atoms with Crippen molar-refractivity contribution in [3.05, 3.63) is 59.3 Å². The predicted octanol–water partition coefficient (Wildman–Crippen LogP) is 2.47. The fourth-order valence-corrected chi connectivity index (χ4v) is 5.41. The van der Waals surface area contributed by atoms with Crippen LogP contribution in [0.3, 0.4) is 0 Å². The van der Waals surface area contributed by atoms with Gasteiger partial charge in [0.05, 0.1) is 13.7 Å². The van der Waals surface area contributed by atoms with Crippen LogP contribution in [0.2, 0.25) is 0 Å². The highest BCUT2D eigenvalue weighted by molar-refractivity contribution is 6.08. The number of carbonyl (C=O) groups is 2. The quantitative estimate of drug-likeness (QED) is 0.450. The number of amides is 3. The molecule has 0 saturated carbocycles. The third kappa shape index (κ3) is 3.62. The minimum atomic E-state index is -1.09. The maximum absolute atomic E-state index is 13.8. The zero-order valence-electron chi connectivity index (χ0n) is 20.1. The fraction of sp³-hybridized carbons (Fsp3) is 0.385. The molecule has 2 aromatic carbocycles. The van der Waals surface area contributed by atoms with Gasteiger partial charge in [0.2, 0.25) is 0 Å². The second-order valence-electron chi connectivity index (χ2n) is 9.51. The van der Waals surface area contributed by atoms with Gasteiger partial charge < -0.3 is 24.8 Å². The molecule has 1 aromatic heterocycles. The number of likely N-dealkylation sites (N-methyl/N-ethyl adjacent to an activating group) is 1. The van der Waals surface area contributed by atoms with Crippen LogP contribution in [0, 0.1) is 0 Å². The van der Waals surface area contributed by atoms with Gasteiger partial charge in [-0.25, -0.2) is 4.79 Å². The summed E-state index contributed by atoms with van der Waals surface area (Å²) >= 11 is 0. The summed E-state index contributed by atoms with van der Waals surface area (Å²) in [5.41, 5.74) is 2.32. The maximum Gasteiger partial charge on any atom is 0.328 e. The molecule has 3 N–H and O–H groups in total. The molecule has 9 nitrogen and oxygen atoms in total. The number of phenolic OH excluding ortho intramolecular Hbond substituents is 1. The molecule has 9 heteroatoms. The molecule has 1 fully saturated rings. The molecule has 0 bridgehead atoms. The van der Waals surface area contributed by atoms with E-state index >= 15 is 0 Å². The summed E-state index contributed by atoms with van der Waals surface area (Å²) < 4.78 is 5.44. The average Bonchev–Trinajstić information content (AvgIpc) is 3.28. The average molecular weight is 479 g/mol. The van der Waals surface area contributed by atoms with Gasteiger partial charge in [0.15, 0.2) is 0 Å². The van der Waals surface area contributed by atoms with Crippen LogP contribution in [0.15, 0.2) is 42.5 Å². The number of aliphatic hydroxyl groups excluding tert-OH is 1. The van der Waals surface area contributed by atoms with Gasteiger partial charge in [0.1, 0.15) is 23.1 Å². The van der Waals surface area contributed by atoms with E-state index in [0.717, 1.165) is 27.7 Å². The normalized spacial score (nSPS) is 21.7. The van der Waals surface area contributed by atoms with Gasteiger partial charge in [0.25, 0.3) is 5.91 Å². The Morgan fingerprint density at radius 2 is 2.00 bits per heavy atom. The van der Waals surface area contributed by atoms with E-state index in [1.165, 1.54) is 4.90 Å². The number of phenols is 1. The van der Waals surface area contributed by atoms with Crippen molar-refractivity contribution in [1.82, 2.24) is 19.7 Å². The molecule has 2 atom stereocenters. The number of methoxy groups -OCH3 is 1. The first-order valence-corrected chi connectivity index (χ1v) is 11.7. The summed E-state index contributed by atoms with van der Waals surface area (Å²) in [6.07, 6.45) is 0.359. The number of nitrogens with zero attached hydrogens (tertiary/aromatic N) is 3. The van der Waals surface area contributed by atoms with Crippen molar-refractivity contribution < 1.29 is 24.5 Å². The minimum Gasteiger partial charge on any atom is -0.508 e. The van der Waals surface area contributed by atoms with Gasteiger partial charge in [0, 0.05) is 42.7 Å². The number of ether oxygens (including phenoxy) is 1. The Bertz CT molecular complexity index is 1300. The molecule has 3 aromatic rings. The molecule has 0 radical (unpaired) electrons. The van der Waals surface area contributed by atoms with Gasteiger partial charge >= 0.3 is 6.03 Å². The van der Waals surface area contributed by atoms with Crippen LogP contribution in [0.4, 0.5) is 4.79 Å². The summed E-state index contributed by atoms with van der Waals surface area (Å²) in [6, 6.07) is 11.7. The highest BCUT2D eigenvalue weighted by Crippen LogP contribution is 2.49. The van der Waals surface area contributed by atoms with Gasteiger partial charge in [-0.1, -0.05) is 12.1 Å². The first kappa shape index (κ1) is 23.2. The van der Waals surface area contributed by atoms with Crippen LogP contribution in [-0.4, -0.2) is 87.8 Å². The predicted molar refractivity (Wildman–Crippen MR) is 130 cm³/mol. The van der Waals surface area contributed by atoms with Crippen LogP contribution in [0.25, 0.3) is 10.9 Å². The van der Waals surface area contributed by atoms with E-state index in [9.17, 15) is 19.8 Å². The number of nitrogens with one attached hydrogen (secondary N) is 1. The number of benzene rings is 2. The van der Waals surface area contributed by atoms with E-state index in [4.69, 9.17) is 4.74 Å². The lowest BCUT2D eigenvalue weighted by molar-refractivity contribution is -0.133. The van der Waals surface area contributed by atoms with Gasteiger partial charge in [-0.3, -0.25) is 14.6 Å². The first-order valence-electron chi connectivity index (χ1n) is 11.7. The van der Waals surface area contributed by atoms with Crippen LogP contribution < -0.4 is 4.74 Å². The summed E-state index contributed by atoms with van der Waals surface area (Å²) in [7, 11) is 3.46. The lowest BCUT2D eigenvalue weighted by atomic mass is 9.81. The SMILES string of the molecule is COc1ccc2[nH]c3c(c2c1)C[C@@]1(C)C(=O)N(CCN(C)CCO)C(=O)N1[C@@H]3c1cccc(O)c1. The van der Waals surface area contributed by atoms with Gasteiger partial charge in [-0.2, -0.15) is 0 Å². The topological polar surface area (TPSA) is 109 Å². The number of aromatic amines is 1. The molecule has 184 valence electrons. The number of urea groups is 1. The molecule has 35 heavy (non-hydrogen) atoms. The number of hydrogen-bond acceptors (Lipinski definition) is 6. The molecular weight excluding hydrogens is 448 g/mol. The molecule has 0 spiro atoms. The summed E-state index contributed by atoms with van der Waals surface area (Å²) in [4.78, 5) is 35.9. The molecule has 3 amide bonds. The summed E-state index contributed by atoms with van der Waals surface area (Å²) in [6.45, 7) is 2.98. The van der Waals surface area contributed by atoms with E-state index in [1.807, 2.05) is 43.1 Å². The number of imide groups is 1. The van der Waals surface area contributed by atoms with Crippen LogP contribution >= 0.6 is 0 Å². The molecule has 0 aliphatic carbocycles. The Morgan fingerprint density at radius 1 is 1.20 bits per heavy atom. The standard InChI is InChI=1S/C26H30N4O5/c1-26-15-20-19-14-18(35-3)7-8-21(19)27-22(20)23(16-5-4-6-17(32)13-16)30(26)25(34)29(24(26)33)10-9-28(2)11-12-31/h4-8,13-14,23,27,31-32H,9-12,15H2,1-3H3/t23-,26+/m1/s1. The fourth-order valence-electron chi connectivity index (χ4n) is 5.41. The summed E-state index contributed by atoms with van der Waals surface area (Å²) in [5.74, 6) is 0.561. The van der Waals surface area contributed by atoms with Crippen LogP contribution in [0.1, 0.15) is 29.8 Å². The highest BCUT2D eigenvalue weighted by Gasteiger charge is 2.60. The number of fused-ring (bicyclic) bond motifs is 4. The summed E-state index contributed by atoms with van der Waals surface area (Å²) in [5, 5.41) is 20.4. The smallest absolute Gasteiger partial charge is 0.328 e. The molecule has 3 heterocycles. The van der Waals surface area contributed by atoms with Crippen molar-refractivity contribution >= 4 is 22.8 Å². The first-order chi connectivity index (χ1) is 16.8. The third-order valence-electron chi connectivity index (χ3n) is 7.25. The lowest BCUT2D eigenvalue weighted by Gasteiger charge is -2.42.